The van der Waals surface area contributed by atoms with E-state index in [4.69, 9.17) is 11.6 Å². The van der Waals surface area contributed by atoms with Gasteiger partial charge in [0.1, 0.15) is 0 Å². The zero-order valence-electron chi connectivity index (χ0n) is 12.9. The second-order valence-electron chi connectivity index (χ2n) is 6.29. The van der Waals surface area contributed by atoms with Crippen LogP contribution in [0.3, 0.4) is 0 Å². The molecule has 22 heavy (non-hydrogen) atoms. The van der Waals surface area contributed by atoms with Gasteiger partial charge in [-0.15, -0.1) is 0 Å². The number of anilines is 1. The number of halogens is 1. The summed E-state index contributed by atoms with van der Waals surface area (Å²) in [6, 6.07) is 8.01. The molecular weight excluding hydrogens is 298 g/mol. The number of nitrogens with one attached hydrogen (secondary N) is 1. The molecule has 0 unspecified atom stereocenters. The Bertz CT molecular complexity index is 508. The maximum atomic E-state index is 12.2. The summed E-state index contributed by atoms with van der Waals surface area (Å²) in [7, 11) is 0. The van der Waals surface area contributed by atoms with Gasteiger partial charge in [0.15, 0.2) is 0 Å². The second kappa shape index (κ2) is 7.23. The van der Waals surface area contributed by atoms with Crippen LogP contribution in [-0.2, 0) is 0 Å². The maximum absolute atomic E-state index is 12.2. The summed E-state index contributed by atoms with van der Waals surface area (Å²) in [6.45, 7) is 4.09. The zero-order valence-corrected chi connectivity index (χ0v) is 13.7. The largest absolute Gasteiger partial charge is 0.368 e. The van der Waals surface area contributed by atoms with Gasteiger partial charge in [-0.3, -0.25) is 0 Å². The molecule has 4 nitrogen and oxygen atoms in total. The third kappa shape index (κ3) is 3.86. The van der Waals surface area contributed by atoms with E-state index in [1.54, 1.807) is 0 Å². The summed E-state index contributed by atoms with van der Waals surface area (Å²) in [5.74, 6) is 0.691. The second-order valence-corrected chi connectivity index (χ2v) is 6.73. The Hall–Kier alpha value is -1.42. The van der Waals surface area contributed by atoms with Gasteiger partial charge in [-0.05, 0) is 37.0 Å². The SMILES string of the molecule is O=C(NCC1CCCC1)N1CCN(c2cccc(Cl)c2)CC1. The van der Waals surface area contributed by atoms with E-state index in [9.17, 15) is 4.79 Å². The van der Waals surface area contributed by atoms with Crippen molar-refractivity contribution in [3.8, 4) is 0 Å². The molecule has 120 valence electrons. The summed E-state index contributed by atoms with van der Waals surface area (Å²) < 4.78 is 0. The molecule has 1 saturated heterocycles. The molecule has 0 spiro atoms. The Balaban J connectivity index is 1.45. The first-order chi connectivity index (χ1) is 10.7. The van der Waals surface area contributed by atoms with E-state index in [-0.39, 0.29) is 6.03 Å². The molecule has 0 aromatic heterocycles. The molecule has 3 rings (SSSR count). The van der Waals surface area contributed by atoms with Gasteiger partial charge in [-0.25, -0.2) is 4.79 Å². The first kappa shape index (κ1) is 15.5. The monoisotopic (exact) mass is 321 g/mol. The van der Waals surface area contributed by atoms with Gasteiger partial charge >= 0.3 is 6.03 Å². The Morgan fingerprint density at radius 2 is 1.91 bits per heavy atom. The minimum Gasteiger partial charge on any atom is -0.368 e. The van der Waals surface area contributed by atoms with Crippen LogP contribution in [0.5, 0.6) is 0 Å². The normalized spacial score (nSPS) is 19.5. The molecule has 2 fully saturated rings. The molecule has 0 bridgehead atoms. The first-order valence-corrected chi connectivity index (χ1v) is 8.63. The van der Waals surface area contributed by atoms with Crippen molar-refractivity contribution in [3.63, 3.8) is 0 Å². The Labute approximate surface area is 137 Å². The number of carbonyl (C=O) groups excluding carboxylic acids is 1. The number of hydrogen-bond donors (Lipinski definition) is 1. The third-order valence-electron chi connectivity index (χ3n) is 4.76. The van der Waals surface area contributed by atoms with Crippen LogP contribution >= 0.6 is 11.6 Å². The molecule has 1 aliphatic carbocycles. The van der Waals surface area contributed by atoms with Crippen molar-refractivity contribution in [1.29, 1.82) is 0 Å². The third-order valence-corrected chi connectivity index (χ3v) is 4.99. The van der Waals surface area contributed by atoms with Gasteiger partial charge in [-0.2, -0.15) is 0 Å². The van der Waals surface area contributed by atoms with Crippen molar-refractivity contribution in [2.45, 2.75) is 25.7 Å². The van der Waals surface area contributed by atoms with Crippen LogP contribution in [0.2, 0.25) is 5.02 Å². The lowest BCUT2D eigenvalue weighted by Gasteiger charge is -2.36. The molecule has 2 amide bonds. The van der Waals surface area contributed by atoms with Gasteiger partial charge in [0.25, 0.3) is 0 Å². The van der Waals surface area contributed by atoms with E-state index in [2.05, 4.69) is 16.3 Å². The molecule has 1 aromatic rings. The van der Waals surface area contributed by atoms with Gasteiger partial charge in [0.05, 0.1) is 0 Å². The number of benzene rings is 1. The molecule has 1 heterocycles. The summed E-state index contributed by atoms with van der Waals surface area (Å²) in [4.78, 5) is 16.4. The average molecular weight is 322 g/mol. The van der Waals surface area contributed by atoms with Gasteiger partial charge < -0.3 is 15.1 Å². The molecular formula is C17H24ClN3O. The number of piperazine rings is 1. The number of amides is 2. The maximum Gasteiger partial charge on any atom is 0.317 e. The van der Waals surface area contributed by atoms with Crippen LogP contribution in [0.1, 0.15) is 25.7 Å². The zero-order chi connectivity index (χ0) is 15.4. The van der Waals surface area contributed by atoms with Gasteiger partial charge in [-0.1, -0.05) is 30.5 Å². The number of hydrogen-bond acceptors (Lipinski definition) is 2. The lowest BCUT2D eigenvalue weighted by Crippen LogP contribution is -2.52. The smallest absolute Gasteiger partial charge is 0.317 e. The van der Waals surface area contributed by atoms with E-state index >= 15 is 0 Å². The van der Waals surface area contributed by atoms with E-state index < -0.39 is 0 Å². The van der Waals surface area contributed by atoms with Crippen LogP contribution in [0.4, 0.5) is 10.5 Å². The fourth-order valence-electron chi connectivity index (χ4n) is 3.40. The van der Waals surface area contributed by atoms with Crippen LogP contribution in [0.15, 0.2) is 24.3 Å². The predicted molar refractivity (Wildman–Crippen MR) is 90.6 cm³/mol. The minimum absolute atomic E-state index is 0.0950. The highest BCUT2D eigenvalue weighted by molar-refractivity contribution is 6.30. The fraction of sp³-hybridized carbons (Fsp3) is 0.588. The summed E-state index contributed by atoms with van der Waals surface area (Å²) in [5, 5.41) is 3.86. The molecule has 0 radical (unpaired) electrons. The summed E-state index contributed by atoms with van der Waals surface area (Å²) >= 11 is 6.05. The summed E-state index contributed by atoms with van der Waals surface area (Å²) in [6.07, 6.45) is 5.17. The van der Waals surface area contributed by atoms with E-state index in [0.717, 1.165) is 43.4 Å². The Morgan fingerprint density at radius 3 is 2.59 bits per heavy atom. The average Bonchev–Trinajstić information content (AvgIpc) is 3.06. The van der Waals surface area contributed by atoms with Gasteiger partial charge in [0, 0.05) is 43.4 Å². The van der Waals surface area contributed by atoms with Crippen LogP contribution in [0.25, 0.3) is 0 Å². The lowest BCUT2D eigenvalue weighted by molar-refractivity contribution is 0.192. The molecule has 1 aliphatic heterocycles. The van der Waals surface area contributed by atoms with Crippen LogP contribution in [0, 0.1) is 5.92 Å². The minimum atomic E-state index is 0.0950. The van der Waals surface area contributed by atoms with Crippen molar-refractivity contribution >= 4 is 23.3 Å². The number of rotatable bonds is 3. The van der Waals surface area contributed by atoms with E-state index in [1.807, 2.05) is 23.1 Å². The van der Waals surface area contributed by atoms with Crippen LogP contribution < -0.4 is 10.2 Å². The highest BCUT2D eigenvalue weighted by Gasteiger charge is 2.22. The number of urea groups is 1. The van der Waals surface area contributed by atoms with Crippen molar-refractivity contribution in [1.82, 2.24) is 10.2 Å². The standard InChI is InChI=1S/C17H24ClN3O/c18-15-6-3-7-16(12-15)20-8-10-21(11-9-20)17(22)19-13-14-4-1-2-5-14/h3,6-7,12,14H,1-2,4-5,8-11,13H2,(H,19,22). The predicted octanol–water partition coefficient (Wildman–Crippen LogP) is 3.36. The van der Waals surface area contributed by atoms with Crippen molar-refractivity contribution in [2.24, 2.45) is 5.92 Å². The highest BCUT2D eigenvalue weighted by Crippen LogP contribution is 2.24. The lowest BCUT2D eigenvalue weighted by atomic mass is 10.1. The fourth-order valence-corrected chi connectivity index (χ4v) is 3.58. The Kier molecular flexibility index (Phi) is 5.08. The quantitative estimate of drug-likeness (QED) is 0.926. The van der Waals surface area contributed by atoms with Gasteiger partial charge in [0.2, 0.25) is 0 Å². The van der Waals surface area contributed by atoms with Crippen molar-refractivity contribution in [2.75, 3.05) is 37.6 Å². The molecule has 5 heteroatoms. The molecule has 1 N–H and O–H groups in total. The molecule has 1 saturated carbocycles. The van der Waals surface area contributed by atoms with E-state index in [0.29, 0.717) is 5.92 Å². The summed E-state index contributed by atoms with van der Waals surface area (Å²) in [5.41, 5.74) is 1.14. The molecule has 1 aromatic carbocycles. The topological polar surface area (TPSA) is 35.6 Å². The first-order valence-electron chi connectivity index (χ1n) is 8.25. The number of carbonyl (C=O) groups is 1. The van der Waals surface area contributed by atoms with Crippen LogP contribution in [-0.4, -0.2) is 43.7 Å². The molecule has 2 aliphatic rings. The highest BCUT2D eigenvalue weighted by atomic mass is 35.5. The molecule has 0 atom stereocenters. The van der Waals surface area contributed by atoms with Crippen molar-refractivity contribution < 1.29 is 4.79 Å². The van der Waals surface area contributed by atoms with Crippen molar-refractivity contribution in [3.05, 3.63) is 29.3 Å². The number of nitrogens with zero attached hydrogens (tertiary/aromatic N) is 2. The van der Waals surface area contributed by atoms with E-state index in [1.165, 1.54) is 25.7 Å². The Morgan fingerprint density at radius 1 is 1.18 bits per heavy atom.